The predicted molar refractivity (Wildman–Crippen MR) is 117 cm³/mol. The molecule has 2 heterocycles. The highest BCUT2D eigenvalue weighted by Gasteiger charge is 2.16. The SMILES string of the molecule is CCOCCCn1c(NC(=O)Cn2c(=O)n(C)c3ccccc32)nc2ccccc21. The molecular weight excluding hydrogens is 382 g/mol. The van der Waals surface area contributed by atoms with Gasteiger partial charge in [-0.15, -0.1) is 0 Å². The van der Waals surface area contributed by atoms with E-state index in [4.69, 9.17) is 4.74 Å². The van der Waals surface area contributed by atoms with E-state index < -0.39 is 0 Å². The molecule has 4 aromatic rings. The Kier molecular flexibility index (Phi) is 5.67. The smallest absolute Gasteiger partial charge is 0.329 e. The predicted octanol–water partition coefficient (Wildman–Crippen LogP) is 2.76. The summed E-state index contributed by atoms with van der Waals surface area (Å²) in [4.78, 5) is 30.0. The Balaban J connectivity index is 1.59. The number of anilines is 1. The first-order chi connectivity index (χ1) is 14.6. The molecule has 0 atom stereocenters. The lowest BCUT2D eigenvalue weighted by molar-refractivity contribution is -0.116. The minimum absolute atomic E-state index is 0.0810. The van der Waals surface area contributed by atoms with Crippen LogP contribution in [0, 0.1) is 0 Å². The number of ether oxygens (including phenoxy) is 1. The van der Waals surface area contributed by atoms with Crippen LogP contribution in [0.5, 0.6) is 0 Å². The van der Waals surface area contributed by atoms with E-state index in [1.807, 2.05) is 60.0 Å². The summed E-state index contributed by atoms with van der Waals surface area (Å²) >= 11 is 0. The van der Waals surface area contributed by atoms with Crippen LogP contribution < -0.4 is 11.0 Å². The summed E-state index contributed by atoms with van der Waals surface area (Å²) < 4.78 is 10.4. The molecule has 0 aliphatic carbocycles. The molecule has 4 rings (SSSR count). The fourth-order valence-electron chi connectivity index (χ4n) is 3.69. The summed E-state index contributed by atoms with van der Waals surface area (Å²) in [6.45, 7) is 3.87. The molecule has 0 fully saturated rings. The van der Waals surface area contributed by atoms with Crippen molar-refractivity contribution < 1.29 is 9.53 Å². The second-order valence-corrected chi connectivity index (χ2v) is 7.09. The number of imidazole rings is 2. The van der Waals surface area contributed by atoms with Crippen LogP contribution in [0.1, 0.15) is 13.3 Å². The fourth-order valence-corrected chi connectivity index (χ4v) is 3.69. The molecule has 0 aliphatic heterocycles. The number of nitrogens with zero attached hydrogens (tertiary/aromatic N) is 4. The highest BCUT2D eigenvalue weighted by Crippen LogP contribution is 2.20. The second kappa shape index (κ2) is 8.54. The minimum atomic E-state index is -0.296. The van der Waals surface area contributed by atoms with Crippen LogP contribution in [0.25, 0.3) is 22.1 Å². The first kappa shape index (κ1) is 19.9. The molecule has 0 unspecified atom stereocenters. The average molecular weight is 407 g/mol. The van der Waals surface area contributed by atoms with Gasteiger partial charge in [-0.05, 0) is 37.6 Å². The van der Waals surface area contributed by atoms with Crippen LogP contribution in [-0.4, -0.2) is 37.8 Å². The zero-order valence-corrected chi connectivity index (χ0v) is 17.2. The monoisotopic (exact) mass is 407 g/mol. The maximum absolute atomic E-state index is 12.8. The minimum Gasteiger partial charge on any atom is -0.382 e. The molecule has 0 spiro atoms. The highest BCUT2D eigenvalue weighted by atomic mass is 16.5. The van der Waals surface area contributed by atoms with Crippen molar-refractivity contribution in [3.05, 3.63) is 59.0 Å². The normalized spacial score (nSPS) is 11.4. The molecule has 156 valence electrons. The van der Waals surface area contributed by atoms with Crippen LogP contribution in [0.2, 0.25) is 0 Å². The maximum atomic E-state index is 12.8. The van der Waals surface area contributed by atoms with Crippen LogP contribution in [0.15, 0.2) is 53.3 Å². The van der Waals surface area contributed by atoms with Gasteiger partial charge in [0, 0.05) is 26.8 Å². The summed E-state index contributed by atoms with van der Waals surface area (Å²) in [5.74, 6) is 0.181. The average Bonchev–Trinajstić information content (AvgIpc) is 3.21. The van der Waals surface area contributed by atoms with Crippen LogP contribution in [0.3, 0.4) is 0 Å². The summed E-state index contributed by atoms with van der Waals surface area (Å²) in [6.07, 6.45) is 0.805. The molecule has 0 saturated carbocycles. The lowest BCUT2D eigenvalue weighted by Crippen LogP contribution is -2.29. The van der Waals surface area contributed by atoms with Crippen molar-refractivity contribution in [2.45, 2.75) is 26.4 Å². The van der Waals surface area contributed by atoms with E-state index in [1.165, 1.54) is 4.57 Å². The molecule has 0 aliphatic rings. The van der Waals surface area contributed by atoms with Gasteiger partial charge in [-0.1, -0.05) is 24.3 Å². The lowest BCUT2D eigenvalue weighted by Gasteiger charge is -2.10. The Morgan fingerprint density at radius 1 is 1.03 bits per heavy atom. The summed E-state index contributed by atoms with van der Waals surface area (Å²) in [5.41, 5.74) is 3.05. The number of hydrogen-bond donors (Lipinski definition) is 1. The van der Waals surface area contributed by atoms with Gasteiger partial charge >= 0.3 is 5.69 Å². The number of rotatable bonds is 8. The zero-order valence-electron chi connectivity index (χ0n) is 17.2. The number of amides is 1. The molecule has 0 saturated heterocycles. The van der Waals surface area contributed by atoms with Crippen molar-refractivity contribution >= 4 is 33.9 Å². The molecule has 0 bridgehead atoms. The third kappa shape index (κ3) is 3.73. The third-order valence-electron chi connectivity index (χ3n) is 5.13. The van der Waals surface area contributed by atoms with Gasteiger partial charge in [-0.25, -0.2) is 9.78 Å². The third-order valence-corrected chi connectivity index (χ3v) is 5.13. The molecule has 8 nitrogen and oxygen atoms in total. The zero-order chi connectivity index (χ0) is 21.1. The van der Waals surface area contributed by atoms with Gasteiger partial charge < -0.3 is 9.30 Å². The Labute approximate surface area is 173 Å². The maximum Gasteiger partial charge on any atom is 0.329 e. The van der Waals surface area contributed by atoms with E-state index >= 15 is 0 Å². The highest BCUT2D eigenvalue weighted by molar-refractivity contribution is 5.92. The molecule has 2 aromatic heterocycles. The molecule has 8 heteroatoms. The van der Waals surface area contributed by atoms with Crippen molar-refractivity contribution in [3.8, 4) is 0 Å². The van der Waals surface area contributed by atoms with E-state index in [2.05, 4.69) is 10.3 Å². The fraction of sp³-hybridized carbons (Fsp3) is 0.318. The van der Waals surface area contributed by atoms with Crippen LogP contribution in [-0.2, 0) is 29.7 Å². The molecule has 1 amide bonds. The van der Waals surface area contributed by atoms with Gasteiger partial charge in [0.25, 0.3) is 0 Å². The van der Waals surface area contributed by atoms with Crippen molar-refractivity contribution in [1.29, 1.82) is 0 Å². The number of carbonyl (C=O) groups excluding carboxylic acids is 1. The molecule has 30 heavy (non-hydrogen) atoms. The molecular formula is C22H25N5O3. The second-order valence-electron chi connectivity index (χ2n) is 7.09. The Hall–Kier alpha value is -3.39. The standard InChI is InChI=1S/C22H25N5O3/c1-3-30-14-8-13-26-17-10-5-4-9-16(17)23-21(26)24-20(28)15-27-19-12-7-6-11-18(19)25(2)22(27)29/h4-7,9-12H,3,8,13-15H2,1-2H3,(H,23,24,28). The lowest BCUT2D eigenvalue weighted by atomic mass is 10.3. The molecule has 0 radical (unpaired) electrons. The quantitative estimate of drug-likeness (QED) is 0.455. The number of fused-ring (bicyclic) bond motifs is 2. The first-order valence-electron chi connectivity index (χ1n) is 10.1. The summed E-state index contributed by atoms with van der Waals surface area (Å²) in [6, 6.07) is 15.2. The first-order valence-corrected chi connectivity index (χ1v) is 10.1. The van der Waals surface area contributed by atoms with E-state index in [1.54, 1.807) is 11.6 Å². The number of nitrogens with one attached hydrogen (secondary N) is 1. The number of benzene rings is 2. The van der Waals surface area contributed by atoms with Crippen molar-refractivity contribution in [3.63, 3.8) is 0 Å². The number of para-hydroxylation sites is 4. The van der Waals surface area contributed by atoms with E-state index in [-0.39, 0.29) is 18.1 Å². The Bertz CT molecular complexity index is 1250. The van der Waals surface area contributed by atoms with Gasteiger partial charge in [0.15, 0.2) is 0 Å². The van der Waals surface area contributed by atoms with Gasteiger partial charge in [0.2, 0.25) is 11.9 Å². The summed E-state index contributed by atoms with van der Waals surface area (Å²) in [7, 11) is 1.71. The largest absolute Gasteiger partial charge is 0.382 e. The van der Waals surface area contributed by atoms with Crippen molar-refractivity contribution in [1.82, 2.24) is 18.7 Å². The van der Waals surface area contributed by atoms with E-state index in [9.17, 15) is 9.59 Å². The number of aromatic nitrogens is 4. The van der Waals surface area contributed by atoms with E-state index in [0.717, 1.165) is 28.5 Å². The van der Waals surface area contributed by atoms with Gasteiger partial charge in [-0.3, -0.25) is 19.2 Å². The number of hydrogen-bond acceptors (Lipinski definition) is 4. The van der Waals surface area contributed by atoms with Gasteiger partial charge in [-0.2, -0.15) is 0 Å². The van der Waals surface area contributed by atoms with Gasteiger partial charge in [0.1, 0.15) is 6.54 Å². The summed E-state index contributed by atoms with van der Waals surface area (Å²) in [5, 5.41) is 2.89. The van der Waals surface area contributed by atoms with Crippen molar-refractivity contribution in [2.75, 3.05) is 18.5 Å². The Morgan fingerprint density at radius 2 is 1.73 bits per heavy atom. The molecule has 1 N–H and O–H groups in total. The number of carbonyl (C=O) groups is 1. The van der Waals surface area contributed by atoms with E-state index in [0.29, 0.717) is 25.7 Å². The Morgan fingerprint density at radius 3 is 2.50 bits per heavy atom. The molecule has 2 aromatic carbocycles. The topological polar surface area (TPSA) is 83.1 Å². The van der Waals surface area contributed by atoms with Gasteiger partial charge in [0.05, 0.1) is 22.1 Å². The van der Waals surface area contributed by atoms with Crippen LogP contribution in [0.4, 0.5) is 5.95 Å². The number of aryl methyl sites for hydroxylation is 2. The van der Waals surface area contributed by atoms with Crippen molar-refractivity contribution in [2.24, 2.45) is 7.05 Å². The van der Waals surface area contributed by atoms with Crippen LogP contribution >= 0.6 is 0 Å².